The number of nitrogens with zero attached hydrogens (tertiary/aromatic N) is 2. The molecule has 5 nitrogen and oxygen atoms in total. The monoisotopic (exact) mass is 331 g/mol. The third-order valence-electron chi connectivity index (χ3n) is 3.64. The maximum atomic E-state index is 12.0. The summed E-state index contributed by atoms with van der Waals surface area (Å²) >= 11 is 0. The van der Waals surface area contributed by atoms with Crippen molar-refractivity contribution in [2.45, 2.75) is 19.8 Å². The van der Waals surface area contributed by atoms with E-state index in [1.165, 1.54) is 0 Å². The van der Waals surface area contributed by atoms with Gasteiger partial charge in [-0.2, -0.15) is 0 Å². The van der Waals surface area contributed by atoms with Gasteiger partial charge in [0.1, 0.15) is 0 Å². The molecule has 5 heteroatoms. The van der Waals surface area contributed by atoms with Crippen LogP contribution in [0.3, 0.4) is 0 Å². The molecule has 1 N–H and O–H groups in total. The molecule has 0 saturated carbocycles. The second kappa shape index (κ2) is 7.45. The predicted octanol–water partition coefficient (Wildman–Crippen LogP) is 3.60. The number of benzene rings is 2. The van der Waals surface area contributed by atoms with E-state index in [0.29, 0.717) is 23.9 Å². The highest BCUT2D eigenvalue weighted by atomic mass is 16.4. The molecule has 0 fully saturated rings. The van der Waals surface area contributed by atoms with Crippen LogP contribution in [0.4, 0.5) is 5.69 Å². The summed E-state index contributed by atoms with van der Waals surface area (Å²) in [6.07, 6.45) is 5.97. The van der Waals surface area contributed by atoms with Gasteiger partial charge in [-0.25, -0.2) is 0 Å². The summed E-state index contributed by atoms with van der Waals surface area (Å²) in [5, 5.41) is 10.8. The lowest BCUT2D eigenvalue weighted by atomic mass is 10.1. The Kier molecular flexibility index (Phi) is 4.91. The van der Waals surface area contributed by atoms with Crippen LogP contribution in [0, 0.1) is 19.3 Å². The molecule has 3 aromatic rings. The Morgan fingerprint density at radius 2 is 2.00 bits per heavy atom. The molecule has 0 radical (unpaired) electrons. The molecular formula is C20H17N3O2. The maximum Gasteiger partial charge on any atom is 0.247 e. The molecular weight excluding hydrogens is 314 g/mol. The molecule has 1 heterocycles. The zero-order valence-electron chi connectivity index (χ0n) is 13.8. The van der Waals surface area contributed by atoms with Crippen molar-refractivity contribution in [3.8, 4) is 23.8 Å². The van der Waals surface area contributed by atoms with Crippen molar-refractivity contribution in [2.24, 2.45) is 0 Å². The van der Waals surface area contributed by atoms with Crippen LogP contribution in [0.2, 0.25) is 0 Å². The van der Waals surface area contributed by atoms with Crippen molar-refractivity contribution in [3.05, 3.63) is 65.5 Å². The molecule has 0 spiro atoms. The quantitative estimate of drug-likeness (QED) is 0.725. The van der Waals surface area contributed by atoms with Crippen LogP contribution in [0.1, 0.15) is 23.4 Å². The van der Waals surface area contributed by atoms with E-state index in [0.717, 1.165) is 16.7 Å². The zero-order valence-corrected chi connectivity index (χ0v) is 13.8. The molecule has 0 aliphatic rings. The molecule has 0 atom stereocenters. The Morgan fingerprint density at radius 1 is 1.20 bits per heavy atom. The van der Waals surface area contributed by atoms with E-state index in [-0.39, 0.29) is 12.3 Å². The highest BCUT2D eigenvalue weighted by Gasteiger charge is 2.11. The van der Waals surface area contributed by atoms with Crippen molar-refractivity contribution >= 4 is 11.6 Å². The average Bonchev–Trinajstić information content (AvgIpc) is 3.10. The first-order chi connectivity index (χ1) is 12.1. The normalized spacial score (nSPS) is 10.2. The summed E-state index contributed by atoms with van der Waals surface area (Å²) < 4.78 is 5.62. The number of carbonyl (C=O) groups is 1. The zero-order chi connectivity index (χ0) is 17.6. The van der Waals surface area contributed by atoms with E-state index in [1.807, 2.05) is 31.2 Å². The molecule has 0 aliphatic heterocycles. The van der Waals surface area contributed by atoms with Crippen LogP contribution < -0.4 is 5.32 Å². The van der Waals surface area contributed by atoms with Gasteiger partial charge in [0.2, 0.25) is 17.7 Å². The second-order valence-electron chi connectivity index (χ2n) is 5.64. The van der Waals surface area contributed by atoms with Crippen LogP contribution >= 0.6 is 0 Å². The number of nitrogens with one attached hydrogen (secondary N) is 1. The highest BCUT2D eigenvalue weighted by molar-refractivity contribution is 5.90. The van der Waals surface area contributed by atoms with Crippen LogP contribution in [0.25, 0.3) is 11.5 Å². The van der Waals surface area contributed by atoms with Crippen molar-refractivity contribution < 1.29 is 9.21 Å². The Morgan fingerprint density at radius 3 is 2.76 bits per heavy atom. The third-order valence-corrected chi connectivity index (χ3v) is 3.64. The Hall–Kier alpha value is -3.39. The SMILES string of the molecule is C#Cc1cccc(NC(=O)CCc2nnc(-c3ccc(C)cc3)o2)c1. The van der Waals surface area contributed by atoms with E-state index in [4.69, 9.17) is 10.8 Å². The minimum absolute atomic E-state index is 0.135. The van der Waals surface area contributed by atoms with Gasteiger partial charge >= 0.3 is 0 Å². The summed E-state index contributed by atoms with van der Waals surface area (Å²) in [6, 6.07) is 15.0. The van der Waals surface area contributed by atoms with Crippen molar-refractivity contribution in [3.63, 3.8) is 0 Å². The fourth-order valence-electron chi connectivity index (χ4n) is 2.30. The molecule has 1 aromatic heterocycles. The molecule has 0 aliphatic carbocycles. The van der Waals surface area contributed by atoms with Gasteiger partial charge in [-0.3, -0.25) is 4.79 Å². The molecule has 3 rings (SSSR count). The van der Waals surface area contributed by atoms with Gasteiger partial charge < -0.3 is 9.73 Å². The molecule has 0 unspecified atom stereocenters. The van der Waals surface area contributed by atoms with Crippen LogP contribution in [0.5, 0.6) is 0 Å². The first-order valence-electron chi connectivity index (χ1n) is 7.90. The van der Waals surface area contributed by atoms with Crippen LogP contribution in [0.15, 0.2) is 52.9 Å². The van der Waals surface area contributed by atoms with Gasteiger partial charge in [0.05, 0.1) is 0 Å². The topological polar surface area (TPSA) is 68.0 Å². The number of terminal acetylenes is 1. The van der Waals surface area contributed by atoms with Crippen molar-refractivity contribution in [2.75, 3.05) is 5.32 Å². The number of rotatable bonds is 5. The number of aryl methyl sites for hydroxylation is 2. The fraction of sp³-hybridized carbons (Fsp3) is 0.150. The van der Waals surface area contributed by atoms with Gasteiger partial charge in [-0.15, -0.1) is 16.6 Å². The third kappa shape index (κ3) is 4.33. The smallest absolute Gasteiger partial charge is 0.247 e. The first-order valence-corrected chi connectivity index (χ1v) is 7.90. The second-order valence-corrected chi connectivity index (χ2v) is 5.64. The largest absolute Gasteiger partial charge is 0.421 e. The summed E-state index contributed by atoms with van der Waals surface area (Å²) in [5.74, 6) is 3.29. The summed E-state index contributed by atoms with van der Waals surface area (Å²) in [5.41, 5.74) is 3.41. The predicted molar refractivity (Wildman–Crippen MR) is 95.8 cm³/mol. The number of aromatic nitrogens is 2. The Bertz CT molecular complexity index is 921. The summed E-state index contributed by atoms with van der Waals surface area (Å²) in [7, 11) is 0. The van der Waals surface area contributed by atoms with E-state index >= 15 is 0 Å². The van der Waals surface area contributed by atoms with Gasteiger partial charge in [0, 0.05) is 29.7 Å². The number of hydrogen-bond donors (Lipinski definition) is 1. The van der Waals surface area contributed by atoms with Gasteiger partial charge in [0.25, 0.3) is 0 Å². The van der Waals surface area contributed by atoms with Gasteiger partial charge in [-0.1, -0.05) is 29.7 Å². The standard InChI is InChI=1S/C20H17N3O2/c1-3-15-5-4-6-17(13-15)21-18(24)11-12-19-22-23-20(25-19)16-9-7-14(2)8-10-16/h1,4-10,13H,11-12H2,2H3,(H,21,24). The van der Waals surface area contributed by atoms with E-state index < -0.39 is 0 Å². The average molecular weight is 331 g/mol. The van der Waals surface area contributed by atoms with Crippen molar-refractivity contribution in [1.82, 2.24) is 10.2 Å². The molecule has 124 valence electrons. The fourth-order valence-corrected chi connectivity index (χ4v) is 2.30. The lowest BCUT2D eigenvalue weighted by Crippen LogP contribution is -2.12. The van der Waals surface area contributed by atoms with Gasteiger partial charge in [-0.05, 0) is 37.3 Å². The molecule has 25 heavy (non-hydrogen) atoms. The minimum Gasteiger partial charge on any atom is -0.421 e. The lowest BCUT2D eigenvalue weighted by molar-refractivity contribution is -0.116. The molecule has 2 aromatic carbocycles. The minimum atomic E-state index is -0.135. The number of anilines is 1. The van der Waals surface area contributed by atoms with E-state index in [1.54, 1.807) is 24.3 Å². The lowest BCUT2D eigenvalue weighted by Gasteiger charge is -2.04. The highest BCUT2D eigenvalue weighted by Crippen LogP contribution is 2.19. The molecule has 0 saturated heterocycles. The number of hydrogen-bond acceptors (Lipinski definition) is 4. The Labute approximate surface area is 146 Å². The first kappa shape index (κ1) is 16.5. The number of carbonyl (C=O) groups excluding carboxylic acids is 1. The van der Waals surface area contributed by atoms with Crippen molar-refractivity contribution in [1.29, 1.82) is 0 Å². The summed E-state index contributed by atoms with van der Waals surface area (Å²) in [6.45, 7) is 2.01. The van der Waals surface area contributed by atoms with E-state index in [2.05, 4.69) is 21.4 Å². The molecule has 1 amide bonds. The van der Waals surface area contributed by atoms with Crippen LogP contribution in [-0.2, 0) is 11.2 Å². The summed E-state index contributed by atoms with van der Waals surface area (Å²) in [4.78, 5) is 12.0. The maximum absolute atomic E-state index is 12.0. The van der Waals surface area contributed by atoms with Crippen LogP contribution in [-0.4, -0.2) is 16.1 Å². The Balaban J connectivity index is 1.57. The van der Waals surface area contributed by atoms with Gasteiger partial charge in [0.15, 0.2) is 0 Å². The van der Waals surface area contributed by atoms with E-state index in [9.17, 15) is 4.79 Å². The number of amides is 1. The molecule has 0 bridgehead atoms.